The Balaban J connectivity index is 2.13. The van der Waals surface area contributed by atoms with E-state index in [0.717, 1.165) is 17.8 Å². The summed E-state index contributed by atoms with van der Waals surface area (Å²) in [7, 11) is 0. The van der Waals surface area contributed by atoms with E-state index in [4.69, 9.17) is 0 Å². The Morgan fingerprint density at radius 1 is 0.938 bits per heavy atom. The zero-order valence-corrected chi connectivity index (χ0v) is 11.8. The van der Waals surface area contributed by atoms with E-state index < -0.39 is 0 Å². The van der Waals surface area contributed by atoms with Crippen molar-refractivity contribution in [2.24, 2.45) is 34.0 Å². The molecule has 0 radical (unpaired) electrons. The molecule has 5 atom stereocenters. The SMILES string of the molecule is CC1CCC23CC1C(C)(C)C2(C)CCC3C. The summed E-state index contributed by atoms with van der Waals surface area (Å²) < 4.78 is 0. The van der Waals surface area contributed by atoms with Gasteiger partial charge in [0.05, 0.1) is 0 Å². The first-order chi connectivity index (χ1) is 7.35. The molecule has 0 heterocycles. The highest BCUT2D eigenvalue weighted by Crippen LogP contribution is 2.78. The number of fused-ring (bicyclic) bond motifs is 1. The lowest BCUT2D eigenvalue weighted by atomic mass is 9.57. The molecule has 0 saturated heterocycles. The predicted octanol–water partition coefficient (Wildman–Crippen LogP) is 4.89. The molecule has 2 bridgehead atoms. The summed E-state index contributed by atoms with van der Waals surface area (Å²) in [4.78, 5) is 0. The van der Waals surface area contributed by atoms with Crippen LogP contribution in [0.1, 0.15) is 66.7 Å². The van der Waals surface area contributed by atoms with Crippen molar-refractivity contribution in [3.63, 3.8) is 0 Å². The molecule has 16 heavy (non-hydrogen) atoms. The van der Waals surface area contributed by atoms with E-state index in [1.807, 2.05) is 0 Å². The molecule has 3 aliphatic carbocycles. The van der Waals surface area contributed by atoms with Gasteiger partial charge in [0.2, 0.25) is 0 Å². The molecule has 3 aliphatic rings. The van der Waals surface area contributed by atoms with Crippen molar-refractivity contribution in [2.75, 3.05) is 0 Å². The fraction of sp³-hybridized carbons (Fsp3) is 1.00. The van der Waals surface area contributed by atoms with E-state index in [2.05, 4.69) is 34.6 Å². The van der Waals surface area contributed by atoms with E-state index in [1.165, 1.54) is 25.7 Å². The van der Waals surface area contributed by atoms with Gasteiger partial charge in [0.25, 0.3) is 0 Å². The third-order valence-electron chi connectivity index (χ3n) is 7.79. The van der Waals surface area contributed by atoms with Crippen molar-refractivity contribution < 1.29 is 0 Å². The largest absolute Gasteiger partial charge is 0.0622 e. The van der Waals surface area contributed by atoms with E-state index >= 15 is 0 Å². The Kier molecular flexibility index (Phi) is 1.99. The molecule has 3 rings (SSSR count). The summed E-state index contributed by atoms with van der Waals surface area (Å²) in [6, 6.07) is 0. The molecule has 92 valence electrons. The molecule has 0 nitrogen and oxygen atoms in total. The third-order valence-corrected chi connectivity index (χ3v) is 7.79. The first-order valence-electron chi connectivity index (χ1n) is 7.35. The Morgan fingerprint density at radius 2 is 1.62 bits per heavy atom. The van der Waals surface area contributed by atoms with E-state index in [9.17, 15) is 0 Å². The van der Waals surface area contributed by atoms with Gasteiger partial charge in [-0.3, -0.25) is 0 Å². The van der Waals surface area contributed by atoms with Crippen LogP contribution in [0.25, 0.3) is 0 Å². The molecule has 0 N–H and O–H groups in total. The molecule has 5 unspecified atom stereocenters. The van der Waals surface area contributed by atoms with Crippen molar-refractivity contribution >= 4 is 0 Å². The molecule has 0 aliphatic heterocycles. The summed E-state index contributed by atoms with van der Waals surface area (Å²) in [5, 5.41) is 0. The van der Waals surface area contributed by atoms with Gasteiger partial charge >= 0.3 is 0 Å². The second kappa shape index (κ2) is 2.87. The van der Waals surface area contributed by atoms with Crippen molar-refractivity contribution in [3.8, 4) is 0 Å². The van der Waals surface area contributed by atoms with Crippen LogP contribution in [0.2, 0.25) is 0 Å². The van der Waals surface area contributed by atoms with Crippen LogP contribution in [-0.2, 0) is 0 Å². The van der Waals surface area contributed by atoms with Crippen molar-refractivity contribution in [2.45, 2.75) is 66.7 Å². The van der Waals surface area contributed by atoms with Crippen LogP contribution >= 0.6 is 0 Å². The molecular weight excluding hydrogens is 192 g/mol. The Bertz CT molecular complexity index is 316. The minimum absolute atomic E-state index is 0.577. The molecule has 3 saturated carbocycles. The van der Waals surface area contributed by atoms with Gasteiger partial charge in [0.1, 0.15) is 0 Å². The summed E-state index contributed by atoms with van der Waals surface area (Å²) >= 11 is 0. The summed E-state index contributed by atoms with van der Waals surface area (Å²) in [5.74, 6) is 2.94. The highest BCUT2D eigenvalue weighted by molar-refractivity contribution is 5.19. The second-order valence-electron chi connectivity index (χ2n) is 7.98. The van der Waals surface area contributed by atoms with Gasteiger partial charge < -0.3 is 0 Å². The summed E-state index contributed by atoms with van der Waals surface area (Å²) in [6.45, 7) is 12.8. The number of hydrogen-bond donors (Lipinski definition) is 0. The van der Waals surface area contributed by atoms with Crippen LogP contribution < -0.4 is 0 Å². The molecule has 0 aromatic carbocycles. The van der Waals surface area contributed by atoms with Gasteiger partial charge in [-0.15, -0.1) is 0 Å². The van der Waals surface area contributed by atoms with Crippen LogP contribution in [0, 0.1) is 34.0 Å². The van der Waals surface area contributed by atoms with Crippen molar-refractivity contribution in [3.05, 3.63) is 0 Å². The van der Waals surface area contributed by atoms with E-state index in [0.29, 0.717) is 16.2 Å². The average Bonchev–Trinajstić information content (AvgIpc) is 2.55. The smallest absolute Gasteiger partial charge is 0.0210 e. The molecule has 3 fully saturated rings. The topological polar surface area (TPSA) is 0 Å². The Labute approximate surface area is 101 Å². The van der Waals surface area contributed by atoms with Crippen LogP contribution in [0.5, 0.6) is 0 Å². The van der Waals surface area contributed by atoms with Gasteiger partial charge in [-0.05, 0) is 66.1 Å². The summed E-state index contributed by atoms with van der Waals surface area (Å²) in [5.41, 5.74) is 1.93. The van der Waals surface area contributed by atoms with Gasteiger partial charge in [-0.1, -0.05) is 34.6 Å². The highest BCUT2D eigenvalue weighted by atomic mass is 14.7. The van der Waals surface area contributed by atoms with E-state index in [-0.39, 0.29) is 0 Å². The van der Waals surface area contributed by atoms with Crippen molar-refractivity contribution in [1.29, 1.82) is 0 Å². The minimum Gasteiger partial charge on any atom is -0.0622 e. The zero-order valence-electron chi connectivity index (χ0n) is 11.8. The lowest BCUT2D eigenvalue weighted by Gasteiger charge is -2.47. The molecular formula is C16H28. The van der Waals surface area contributed by atoms with E-state index in [1.54, 1.807) is 6.42 Å². The second-order valence-corrected chi connectivity index (χ2v) is 7.98. The van der Waals surface area contributed by atoms with Gasteiger partial charge in [-0.25, -0.2) is 0 Å². The number of rotatable bonds is 0. The van der Waals surface area contributed by atoms with Crippen molar-refractivity contribution in [1.82, 2.24) is 0 Å². The normalized spacial score (nSPS) is 58.7. The molecule has 1 spiro atoms. The zero-order chi connectivity index (χ0) is 11.8. The van der Waals surface area contributed by atoms with Crippen LogP contribution in [0.3, 0.4) is 0 Å². The maximum absolute atomic E-state index is 2.63. The quantitative estimate of drug-likeness (QED) is 0.545. The Morgan fingerprint density at radius 3 is 2.31 bits per heavy atom. The lowest BCUT2D eigenvalue weighted by Crippen LogP contribution is -2.40. The Hall–Kier alpha value is 0. The van der Waals surface area contributed by atoms with Gasteiger partial charge in [0, 0.05) is 0 Å². The maximum Gasteiger partial charge on any atom is -0.0210 e. The predicted molar refractivity (Wildman–Crippen MR) is 69.2 cm³/mol. The lowest BCUT2D eigenvalue weighted by molar-refractivity contribution is 0.0131. The van der Waals surface area contributed by atoms with Crippen LogP contribution in [0.4, 0.5) is 0 Å². The van der Waals surface area contributed by atoms with Crippen LogP contribution in [0.15, 0.2) is 0 Å². The fourth-order valence-corrected chi connectivity index (χ4v) is 6.24. The molecule has 0 aromatic rings. The first kappa shape index (κ1) is 11.1. The monoisotopic (exact) mass is 220 g/mol. The molecule has 0 aromatic heterocycles. The van der Waals surface area contributed by atoms with Gasteiger partial charge in [-0.2, -0.15) is 0 Å². The third kappa shape index (κ3) is 0.910. The fourth-order valence-electron chi connectivity index (χ4n) is 6.24. The molecule has 0 heteroatoms. The van der Waals surface area contributed by atoms with Crippen LogP contribution in [-0.4, -0.2) is 0 Å². The summed E-state index contributed by atoms with van der Waals surface area (Å²) in [6.07, 6.45) is 7.53. The number of hydrogen-bond acceptors (Lipinski definition) is 0. The standard InChI is InChI=1S/C16H28/c1-11-6-9-16-10-13(11)14(3,4)15(16,5)8-7-12(16)2/h11-13H,6-10H2,1-5H3. The highest BCUT2D eigenvalue weighted by Gasteiger charge is 2.70. The van der Waals surface area contributed by atoms with Gasteiger partial charge in [0.15, 0.2) is 0 Å². The average molecular weight is 220 g/mol. The minimum atomic E-state index is 0.577. The maximum atomic E-state index is 2.63. The molecule has 0 amide bonds. The first-order valence-corrected chi connectivity index (χ1v) is 7.35.